The first-order valence-electron chi connectivity index (χ1n) is 8.15. The van der Waals surface area contributed by atoms with Crippen molar-refractivity contribution in [1.82, 2.24) is 0 Å². The molecule has 0 radical (unpaired) electrons. The molecule has 1 aliphatic rings. The van der Waals surface area contributed by atoms with Gasteiger partial charge in [-0.25, -0.2) is 0 Å². The fourth-order valence-corrected chi connectivity index (χ4v) is 2.76. The van der Waals surface area contributed by atoms with Crippen LogP contribution >= 0.6 is 0 Å². The van der Waals surface area contributed by atoms with Gasteiger partial charge in [0.05, 0.1) is 12.7 Å². The van der Waals surface area contributed by atoms with E-state index >= 15 is 0 Å². The Labute approximate surface area is 151 Å². The Morgan fingerprint density at radius 2 is 1.96 bits per heavy atom. The quantitative estimate of drug-likeness (QED) is 0.637. The summed E-state index contributed by atoms with van der Waals surface area (Å²) in [6.07, 6.45) is 6.33. The normalized spacial score (nSPS) is 14.7. The highest BCUT2D eigenvalue weighted by atomic mass is 16.5. The van der Waals surface area contributed by atoms with Gasteiger partial charge >= 0.3 is 0 Å². The zero-order valence-corrected chi connectivity index (χ0v) is 14.8. The average molecular weight is 352 g/mol. The van der Waals surface area contributed by atoms with Crippen LogP contribution in [0.1, 0.15) is 35.3 Å². The molecule has 3 rings (SSSR count). The van der Waals surface area contributed by atoms with Crippen molar-refractivity contribution in [2.75, 3.05) is 7.11 Å². The number of hydrogen-bond donors (Lipinski definition) is 2. The molecule has 1 aliphatic heterocycles. The maximum Gasteiger partial charge on any atom is 0.193 e. The molecule has 0 atom stereocenters. The van der Waals surface area contributed by atoms with Gasteiger partial charge in [0, 0.05) is 11.6 Å². The van der Waals surface area contributed by atoms with Gasteiger partial charge in [-0.05, 0) is 44.2 Å². The maximum absolute atomic E-state index is 12.7. The van der Waals surface area contributed by atoms with E-state index in [1.54, 1.807) is 30.3 Å². The van der Waals surface area contributed by atoms with Gasteiger partial charge in [-0.1, -0.05) is 18.2 Å². The molecule has 5 heteroatoms. The summed E-state index contributed by atoms with van der Waals surface area (Å²) in [5.74, 6) is 0.103. The maximum atomic E-state index is 12.7. The van der Waals surface area contributed by atoms with Crippen molar-refractivity contribution in [3.8, 4) is 23.0 Å². The first-order chi connectivity index (χ1) is 12.3. The van der Waals surface area contributed by atoms with Crippen LogP contribution in [0.5, 0.6) is 23.0 Å². The van der Waals surface area contributed by atoms with Gasteiger partial charge in [-0.3, -0.25) is 4.79 Å². The minimum atomic E-state index is -0.513. The molecule has 0 amide bonds. The van der Waals surface area contributed by atoms with E-state index in [9.17, 15) is 15.0 Å². The lowest BCUT2D eigenvalue weighted by molar-refractivity contribution is 0.104. The second kappa shape index (κ2) is 6.59. The molecule has 0 bridgehead atoms. The Morgan fingerprint density at radius 1 is 1.23 bits per heavy atom. The van der Waals surface area contributed by atoms with Crippen LogP contribution in [0, 0.1) is 0 Å². The van der Waals surface area contributed by atoms with Crippen molar-refractivity contribution in [3.05, 3.63) is 59.2 Å². The molecule has 0 aliphatic carbocycles. The summed E-state index contributed by atoms with van der Waals surface area (Å²) in [6.45, 7) is 3.79. The summed E-state index contributed by atoms with van der Waals surface area (Å²) in [5, 5.41) is 20.4. The van der Waals surface area contributed by atoms with Crippen LogP contribution in [0.15, 0.2) is 42.5 Å². The number of carbonyl (C=O) groups is 1. The largest absolute Gasteiger partial charge is 0.507 e. The van der Waals surface area contributed by atoms with Crippen LogP contribution in [0.25, 0.3) is 12.2 Å². The van der Waals surface area contributed by atoms with Crippen LogP contribution in [0.4, 0.5) is 0 Å². The van der Waals surface area contributed by atoms with Crippen molar-refractivity contribution in [1.29, 1.82) is 0 Å². The van der Waals surface area contributed by atoms with E-state index in [1.807, 2.05) is 19.9 Å². The Bertz CT molecular complexity index is 922. The number of aromatic hydroxyl groups is 2. The van der Waals surface area contributed by atoms with Crippen LogP contribution in [0.2, 0.25) is 0 Å². The van der Waals surface area contributed by atoms with Crippen molar-refractivity contribution >= 4 is 17.9 Å². The number of rotatable bonds is 4. The van der Waals surface area contributed by atoms with E-state index in [0.717, 1.165) is 0 Å². The number of ketones is 1. The Morgan fingerprint density at radius 3 is 2.65 bits per heavy atom. The van der Waals surface area contributed by atoms with E-state index in [1.165, 1.54) is 25.3 Å². The third-order valence-corrected chi connectivity index (χ3v) is 4.11. The molecule has 2 N–H and O–H groups in total. The van der Waals surface area contributed by atoms with Crippen molar-refractivity contribution in [3.63, 3.8) is 0 Å². The lowest BCUT2D eigenvalue weighted by Crippen LogP contribution is -2.27. The van der Waals surface area contributed by atoms with Gasteiger partial charge in [0.1, 0.15) is 34.2 Å². The Balaban J connectivity index is 2.02. The summed E-state index contributed by atoms with van der Waals surface area (Å²) in [4.78, 5) is 12.7. The molecule has 0 fully saturated rings. The number of para-hydroxylation sites is 1. The van der Waals surface area contributed by atoms with Gasteiger partial charge in [-0.2, -0.15) is 0 Å². The number of allylic oxidation sites excluding steroid dienone is 1. The second-order valence-corrected chi connectivity index (χ2v) is 6.51. The molecular formula is C21H20O5. The molecule has 0 saturated heterocycles. The SMILES string of the molecule is COc1cc2c(c(O)c1C(=O)/C=C/c1ccccc1O)C=CC(C)(C)O2. The number of phenols is 2. The summed E-state index contributed by atoms with van der Waals surface area (Å²) in [6, 6.07) is 8.26. The lowest BCUT2D eigenvalue weighted by atomic mass is 9.97. The fraction of sp³-hybridized carbons (Fsp3) is 0.190. The highest BCUT2D eigenvalue weighted by Gasteiger charge is 2.28. The van der Waals surface area contributed by atoms with E-state index in [-0.39, 0.29) is 22.8 Å². The third kappa shape index (κ3) is 3.28. The van der Waals surface area contributed by atoms with Crippen molar-refractivity contribution < 1.29 is 24.5 Å². The predicted octanol–water partition coefficient (Wildman–Crippen LogP) is 4.19. The summed E-state index contributed by atoms with van der Waals surface area (Å²) >= 11 is 0. The number of carbonyl (C=O) groups excluding carboxylic acids is 1. The molecule has 134 valence electrons. The van der Waals surface area contributed by atoms with Gasteiger partial charge in [0.25, 0.3) is 0 Å². The first kappa shape index (κ1) is 17.6. The van der Waals surface area contributed by atoms with E-state index in [4.69, 9.17) is 9.47 Å². The van der Waals surface area contributed by atoms with Crippen molar-refractivity contribution in [2.24, 2.45) is 0 Å². The van der Waals surface area contributed by atoms with Gasteiger partial charge in [-0.15, -0.1) is 0 Å². The smallest absolute Gasteiger partial charge is 0.193 e. The predicted molar refractivity (Wildman–Crippen MR) is 99.9 cm³/mol. The molecule has 2 aromatic carbocycles. The molecule has 1 heterocycles. The van der Waals surface area contributed by atoms with Crippen LogP contribution in [0.3, 0.4) is 0 Å². The number of hydrogen-bond acceptors (Lipinski definition) is 5. The second-order valence-electron chi connectivity index (χ2n) is 6.51. The lowest BCUT2D eigenvalue weighted by Gasteiger charge is -2.29. The molecule has 0 spiro atoms. The molecular weight excluding hydrogens is 332 g/mol. The zero-order valence-electron chi connectivity index (χ0n) is 14.8. The number of phenolic OH excluding ortho intramolecular Hbond substituents is 2. The van der Waals surface area contributed by atoms with Gasteiger partial charge in [0.15, 0.2) is 5.78 Å². The van der Waals surface area contributed by atoms with Crippen molar-refractivity contribution in [2.45, 2.75) is 19.4 Å². The van der Waals surface area contributed by atoms with Gasteiger partial charge in [0.2, 0.25) is 0 Å². The molecule has 0 unspecified atom stereocenters. The van der Waals surface area contributed by atoms with Crippen LogP contribution in [-0.2, 0) is 0 Å². The first-order valence-corrected chi connectivity index (χ1v) is 8.15. The zero-order chi connectivity index (χ0) is 18.9. The Hall–Kier alpha value is -3.21. The van der Waals surface area contributed by atoms with Crippen LogP contribution in [-0.4, -0.2) is 28.7 Å². The van der Waals surface area contributed by atoms with E-state index in [2.05, 4.69) is 0 Å². The van der Waals surface area contributed by atoms with E-state index in [0.29, 0.717) is 16.9 Å². The number of ether oxygens (including phenoxy) is 2. The number of benzene rings is 2. The van der Waals surface area contributed by atoms with Crippen LogP contribution < -0.4 is 9.47 Å². The minimum Gasteiger partial charge on any atom is -0.507 e. The average Bonchev–Trinajstić information content (AvgIpc) is 2.59. The standard InChI is InChI=1S/C21H20O5/c1-21(2)11-10-14-17(26-21)12-18(25-3)19(20(14)24)16(23)9-8-13-6-4-5-7-15(13)22/h4-12,22,24H,1-3H3/b9-8+. The molecule has 5 nitrogen and oxygen atoms in total. The topological polar surface area (TPSA) is 76.0 Å². The molecule has 26 heavy (non-hydrogen) atoms. The summed E-state index contributed by atoms with van der Waals surface area (Å²) in [7, 11) is 1.43. The number of fused-ring (bicyclic) bond motifs is 1. The Kier molecular flexibility index (Phi) is 4.47. The molecule has 0 saturated carbocycles. The minimum absolute atomic E-state index is 0.0471. The summed E-state index contributed by atoms with van der Waals surface area (Å²) in [5.41, 5.74) is 0.471. The number of methoxy groups -OCH3 is 1. The summed E-state index contributed by atoms with van der Waals surface area (Å²) < 4.78 is 11.1. The van der Waals surface area contributed by atoms with E-state index < -0.39 is 11.4 Å². The highest BCUT2D eigenvalue weighted by molar-refractivity contribution is 6.11. The fourth-order valence-electron chi connectivity index (χ4n) is 2.76. The van der Waals surface area contributed by atoms with Gasteiger partial charge < -0.3 is 19.7 Å². The highest BCUT2D eigenvalue weighted by Crippen LogP contribution is 2.43. The third-order valence-electron chi connectivity index (χ3n) is 4.11. The molecule has 0 aromatic heterocycles. The monoisotopic (exact) mass is 352 g/mol. The molecule has 2 aromatic rings.